The summed E-state index contributed by atoms with van der Waals surface area (Å²) in [4.78, 5) is 0. The molecule has 1 N–H and O–H groups in total. The molecule has 1 saturated heterocycles. The van der Waals surface area contributed by atoms with Crippen LogP contribution in [0.3, 0.4) is 0 Å². The molecule has 1 aromatic heterocycles. The van der Waals surface area contributed by atoms with Crippen LogP contribution in [0.15, 0.2) is 23.0 Å². The van der Waals surface area contributed by atoms with Crippen molar-refractivity contribution in [2.24, 2.45) is 0 Å². The molecule has 4 nitrogen and oxygen atoms in total. The molecule has 0 unspecified atom stereocenters. The van der Waals surface area contributed by atoms with E-state index in [1.54, 1.807) is 12.5 Å². The van der Waals surface area contributed by atoms with Gasteiger partial charge in [-0.25, -0.2) is 0 Å². The van der Waals surface area contributed by atoms with Gasteiger partial charge in [-0.05, 0) is 13.0 Å². The molecule has 2 rings (SSSR count). The van der Waals surface area contributed by atoms with E-state index in [4.69, 9.17) is 13.9 Å². The lowest BCUT2D eigenvalue weighted by Gasteiger charge is -2.13. The highest BCUT2D eigenvalue weighted by Crippen LogP contribution is 2.33. The van der Waals surface area contributed by atoms with Gasteiger partial charge in [0.2, 0.25) is 0 Å². The molecule has 78 valence electrons. The summed E-state index contributed by atoms with van der Waals surface area (Å²) in [6, 6.07) is 1.84. The molecule has 0 radical (unpaired) electrons. The number of aliphatic hydroxyl groups excluding tert-OH is 1. The van der Waals surface area contributed by atoms with Crippen molar-refractivity contribution in [2.45, 2.75) is 31.8 Å². The second kappa shape index (κ2) is 4.13. The first-order valence-corrected chi connectivity index (χ1v) is 4.78. The Balaban J connectivity index is 1.99. The fourth-order valence-electron chi connectivity index (χ4n) is 1.63. The molecule has 14 heavy (non-hydrogen) atoms. The van der Waals surface area contributed by atoms with E-state index < -0.39 is 12.4 Å². The average Bonchev–Trinajstić information content (AvgIpc) is 2.76. The Morgan fingerprint density at radius 1 is 1.64 bits per heavy atom. The predicted molar refractivity (Wildman–Crippen MR) is 48.6 cm³/mol. The minimum absolute atomic E-state index is 0.111. The Kier molecular flexibility index (Phi) is 2.86. The summed E-state index contributed by atoms with van der Waals surface area (Å²) in [5.74, 6) is 0. The van der Waals surface area contributed by atoms with Crippen LogP contribution in [-0.4, -0.2) is 24.1 Å². The van der Waals surface area contributed by atoms with Crippen molar-refractivity contribution in [3.05, 3.63) is 24.2 Å². The standard InChI is InChI=1S/C10H14O4/c1-2-13-10-8(11)5-9(14-10)7-3-4-12-6-7/h3-4,6,8-11H,2,5H2,1H3/t8-,9+,10-/m1/s1. The molecule has 0 bridgehead atoms. The Morgan fingerprint density at radius 2 is 2.50 bits per heavy atom. The maximum absolute atomic E-state index is 9.61. The predicted octanol–water partition coefficient (Wildman–Crippen LogP) is 1.46. The molecule has 2 heterocycles. The van der Waals surface area contributed by atoms with Crippen molar-refractivity contribution in [1.82, 2.24) is 0 Å². The molecule has 0 spiro atoms. The SMILES string of the molecule is CCO[C@@H]1O[C@H](c2ccoc2)C[C@H]1O. The quantitative estimate of drug-likeness (QED) is 0.799. The molecule has 0 saturated carbocycles. The van der Waals surface area contributed by atoms with Crippen molar-refractivity contribution in [2.75, 3.05) is 6.61 Å². The highest BCUT2D eigenvalue weighted by molar-refractivity contribution is 5.11. The third-order valence-electron chi connectivity index (χ3n) is 2.31. The number of aliphatic hydroxyl groups is 1. The molecule has 0 amide bonds. The van der Waals surface area contributed by atoms with Gasteiger partial charge in [0.15, 0.2) is 6.29 Å². The van der Waals surface area contributed by atoms with E-state index in [-0.39, 0.29) is 6.10 Å². The zero-order valence-corrected chi connectivity index (χ0v) is 8.05. The summed E-state index contributed by atoms with van der Waals surface area (Å²) in [5, 5.41) is 9.61. The average molecular weight is 198 g/mol. The van der Waals surface area contributed by atoms with E-state index in [1.807, 2.05) is 13.0 Å². The second-order valence-electron chi connectivity index (χ2n) is 3.31. The summed E-state index contributed by atoms with van der Waals surface area (Å²) in [5.41, 5.74) is 0.950. The third-order valence-corrected chi connectivity index (χ3v) is 2.31. The zero-order valence-electron chi connectivity index (χ0n) is 8.05. The van der Waals surface area contributed by atoms with Crippen LogP contribution in [0, 0.1) is 0 Å². The molecule has 3 atom stereocenters. The molecular weight excluding hydrogens is 184 g/mol. The number of furan rings is 1. The monoisotopic (exact) mass is 198 g/mol. The van der Waals surface area contributed by atoms with Gasteiger partial charge < -0.3 is 19.0 Å². The summed E-state index contributed by atoms with van der Waals surface area (Å²) >= 11 is 0. The number of rotatable bonds is 3. The van der Waals surface area contributed by atoms with E-state index in [0.29, 0.717) is 13.0 Å². The van der Waals surface area contributed by atoms with Crippen molar-refractivity contribution in [1.29, 1.82) is 0 Å². The van der Waals surface area contributed by atoms with Crippen LogP contribution in [-0.2, 0) is 9.47 Å². The Morgan fingerprint density at radius 3 is 3.14 bits per heavy atom. The van der Waals surface area contributed by atoms with Gasteiger partial charge in [0, 0.05) is 18.6 Å². The van der Waals surface area contributed by atoms with E-state index >= 15 is 0 Å². The lowest BCUT2D eigenvalue weighted by Crippen LogP contribution is -2.23. The largest absolute Gasteiger partial charge is 0.472 e. The van der Waals surface area contributed by atoms with Crippen molar-refractivity contribution >= 4 is 0 Å². The minimum atomic E-state index is -0.546. The maximum Gasteiger partial charge on any atom is 0.184 e. The van der Waals surface area contributed by atoms with E-state index in [1.165, 1.54) is 0 Å². The first-order chi connectivity index (χ1) is 6.81. The molecular formula is C10H14O4. The minimum Gasteiger partial charge on any atom is -0.472 e. The maximum atomic E-state index is 9.61. The highest BCUT2D eigenvalue weighted by atomic mass is 16.7. The highest BCUT2D eigenvalue weighted by Gasteiger charge is 2.35. The molecule has 1 aliphatic rings. The number of ether oxygens (including phenoxy) is 2. The van der Waals surface area contributed by atoms with Crippen molar-refractivity contribution < 1.29 is 19.0 Å². The van der Waals surface area contributed by atoms with Crippen LogP contribution < -0.4 is 0 Å². The fraction of sp³-hybridized carbons (Fsp3) is 0.600. The topological polar surface area (TPSA) is 51.8 Å². The lowest BCUT2D eigenvalue weighted by molar-refractivity contribution is -0.163. The molecule has 1 aromatic rings. The number of hydrogen-bond acceptors (Lipinski definition) is 4. The Bertz CT molecular complexity index is 270. The van der Waals surface area contributed by atoms with Crippen molar-refractivity contribution in [3.63, 3.8) is 0 Å². The van der Waals surface area contributed by atoms with E-state index in [0.717, 1.165) is 5.56 Å². The van der Waals surface area contributed by atoms with Gasteiger partial charge in [0.25, 0.3) is 0 Å². The molecule has 0 aromatic carbocycles. The van der Waals surface area contributed by atoms with Gasteiger partial charge in [-0.2, -0.15) is 0 Å². The van der Waals surface area contributed by atoms with E-state index in [9.17, 15) is 5.11 Å². The van der Waals surface area contributed by atoms with Gasteiger partial charge in [-0.15, -0.1) is 0 Å². The van der Waals surface area contributed by atoms with Crippen LogP contribution in [0.5, 0.6) is 0 Å². The molecule has 1 fully saturated rings. The van der Waals surface area contributed by atoms with Crippen LogP contribution in [0.25, 0.3) is 0 Å². The summed E-state index contributed by atoms with van der Waals surface area (Å²) < 4.78 is 15.7. The zero-order chi connectivity index (χ0) is 9.97. The smallest absolute Gasteiger partial charge is 0.184 e. The molecule has 1 aliphatic heterocycles. The number of hydrogen-bond donors (Lipinski definition) is 1. The van der Waals surface area contributed by atoms with Crippen LogP contribution in [0.4, 0.5) is 0 Å². The van der Waals surface area contributed by atoms with Crippen molar-refractivity contribution in [3.8, 4) is 0 Å². The first-order valence-electron chi connectivity index (χ1n) is 4.78. The normalized spacial score (nSPS) is 32.3. The first kappa shape index (κ1) is 9.71. The van der Waals surface area contributed by atoms with Crippen LogP contribution in [0.1, 0.15) is 25.0 Å². The Labute approximate surface area is 82.4 Å². The van der Waals surface area contributed by atoms with Crippen LogP contribution in [0.2, 0.25) is 0 Å². The lowest BCUT2D eigenvalue weighted by atomic mass is 10.1. The summed E-state index contributed by atoms with van der Waals surface area (Å²) in [6.07, 6.45) is 2.63. The summed E-state index contributed by atoms with van der Waals surface area (Å²) in [7, 11) is 0. The van der Waals surface area contributed by atoms with Gasteiger partial charge in [-0.3, -0.25) is 0 Å². The van der Waals surface area contributed by atoms with Gasteiger partial charge >= 0.3 is 0 Å². The van der Waals surface area contributed by atoms with E-state index in [2.05, 4.69) is 0 Å². The third kappa shape index (κ3) is 1.82. The summed E-state index contributed by atoms with van der Waals surface area (Å²) in [6.45, 7) is 2.42. The van der Waals surface area contributed by atoms with Gasteiger partial charge in [0.05, 0.1) is 18.6 Å². The second-order valence-corrected chi connectivity index (χ2v) is 3.31. The van der Waals surface area contributed by atoms with Gasteiger partial charge in [-0.1, -0.05) is 0 Å². The Hall–Kier alpha value is -0.840. The fourth-order valence-corrected chi connectivity index (χ4v) is 1.63. The van der Waals surface area contributed by atoms with Crippen LogP contribution >= 0.6 is 0 Å². The molecule has 4 heteroatoms. The van der Waals surface area contributed by atoms with Gasteiger partial charge in [0.1, 0.15) is 6.10 Å². The molecule has 0 aliphatic carbocycles.